The van der Waals surface area contributed by atoms with Gasteiger partial charge < -0.3 is 14.4 Å². The van der Waals surface area contributed by atoms with Crippen LogP contribution in [0.2, 0.25) is 10.0 Å². The Labute approximate surface area is 277 Å². The van der Waals surface area contributed by atoms with Crippen molar-refractivity contribution in [3.63, 3.8) is 0 Å². The van der Waals surface area contributed by atoms with Crippen LogP contribution >= 0.6 is 50.5 Å². The molecule has 1 aliphatic heterocycles. The first-order valence-electron chi connectivity index (χ1n) is 14.0. The molecule has 3 aromatic carbocycles. The molecule has 0 radical (unpaired) electrons. The van der Waals surface area contributed by atoms with Crippen LogP contribution in [0.5, 0.6) is 11.5 Å². The number of hydrogen-bond donors (Lipinski definition) is 0. The highest BCUT2D eigenvalue weighted by molar-refractivity contribution is 9.10. The zero-order valence-corrected chi connectivity index (χ0v) is 28.5. The molecule has 4 aromatic rings. The molecule has 0 spiro atoms. The minimum Gasteiger partial charge on any atom is -0.496 e. The van der Waals surface area contributed by atoms with E-state index in [4.69, 9.17) is 37.7 Å². The number of thiazole rings is 1. The number of benzene rings is 3. The van der Waals surface area contributed by atoms with Crippen molar-refractivity contribution in [3.8, 4) is 11.5 Å². The van der Waals surface area contributed by atoms with Crippen molar-refractivity contribution in [2.24, 2.45) is 4.99 Å². The fourth-order valence-electron chi connectivity index (χ4n) is 5.13. The summed E-state index contributed by atoms with van der Waals surface area (Å²) in [7, 11) is 1.58. The fraction of sp³-hybridized carbons (Fsp3) is 0.242. The maximum Gasteiger partial charge on any atom is 0.271 e. The molecule has 2 heterocycles. The smallest absolute Gasteiger partial charge is 0.271 e. The summed E-state index contributed by atoms with van der Waals surface area (Å²) in [5.41, 5.74) is 3.13. The third-order valence-corrected chi connectivity index (χ3v) is 9.58. The summed E-state index contributed by atoms with van der Waals surface area (Å²) in [5.74, 6) is 1.06. The molecule has 1 aromatic heterocycles. The largest absolute Gasteiger partial charge is 0.496 e. The number of allylic oxidation sites excluding steroid dienone is 1. The van der Waals surface area contributed by atoms with Gasteiger partial charge in [0.2, 0.25) is 0 Å². The molecule has 1 aliphatic rings. The van der Waals surface area contributed by atoms with Crippen molar-refractivity contribution in [1.82, 2.24) is 9.47 Å². The van der Waals surface area contributed by atoms with Crippen LogP contribution < -0.4 is 24.4 Å². The van der Waals surface area contributed by atoms with Crippen LogP contribution in [-0.4, -0.2) is 35.6 Å². The van der Waals surface area contributed by atoms with Crippen molar-refractivity contribution >= 4 is 62.5 Å². The van der Waals surface area contributed by atoms with E-state index < -0.39 is 6.04 Å². The molecule has 7 nitrogen and oxygen atoms in total. The van der Waals surface area contributed by atoms with Gasteiger partial charge in [-0.15, -0.1) is 0 Å². The maximum absolute atomic E-state index is 14.1. The lowest BCUT2D eigenvalue weighted by Gasteiger charge is -2.29. The third kappa shape index (κ3) is 6.38. The molecule has 0 saturated carbocycles. The predicted molar refractivity (Wildman–Crippen MR) is 180 cm³/mol. The molecule has 0 aliphatic carbocycles. The van der Waals surface area contributed by atoms with Gasteiger partial charge in [0.25, 0.3) is 11.5 Å². The topological polar surface area (TPSA) is 73.1 Å². The lowest BCUT2D eigenvalue weighted by atomic mass is 9.94. The third-order valence-electron chi connectivity index (χ3n) is 7.39. The number of likely N-dealkylation sites (N-methyl/N-ethyl adjacent to an activating group) is 1. The number of aromatic nitrogens is 1. The Kier molecular flexibility index (Phi) is 10.00. The summed E-state index contributed by atoms with van der Waals surface area (Å²) >= 11 is 17.2. The standard InChI is InChI=1S/C33H30BrCl2N3O4S/c1-5-38(6-2)32(41)29-19(3)37-33-39(30(29)23-9-7-8-10-26(23)42-4)31(40)28(44-33)16-20-11-14-27(24(34)15-20)43-18-21-12-13-22(35)17-25(21)36/h7-17,30H,5-6,18H2,1-4H3/b28-16+/t30-/m1/s1. The molecule has 11 heteroatoms. The van der Waals surface area contributed by atoms with Crippen LogP contribution in [0.3, 0.4) is 0 Å². The highest BCUT2D eigenvalue weighted by Gasteiger charge is 2.35. The summed E-state index contributed by atoms with van der Waals surface area (Å²) in [6.45, 7) is 7.04. The Morgan fingerprint density at radius 1 is 1.09 bits per heavy atom. The second-order valence-electron chi connectivity index (χ2n) is 10.0. The Balaban J connectivity index is 1.55. The van der Waals surface area contributed by atoms with Crippen molar-refractivity contribution in [3.05, 3.63) is 123 Å². The summed E-state index contributed by atoms with van der Waals surface area (Å²) < 4.78 is 14.5. The van der Waals surface area contributed by atoms with Crippen molar-refractivity contribution < 1.29 is 14.3 Å². The monoisotopic (exact) mass is 713 g/mol. The van der Waals surface area contributed by atoms with Gasteiger partial charge in [-0.2, -0.15) is 0 Å². The van der Waals surface area contributed by atoms with E-state index in [0.29, 0.717) is 55.2 Å². The number of hydrogen-bond acceptors (Lipinski definition) is 6. The lowest BCUT2D eigenvalue weighted by molar-refractivity contribution is -0.127. The van der Waals surface area contributed by atoms with Crippen molar-refractivity contribution in [1.29, 1.82) is 0 Å². The van der Waals surface area contributed by atoms with Crippen LogP contribution in [0.15, 0.2) is 86.2 Å². The van der Waals surface area contributed by atoms with Gasteiger partial charge in [0, 0.05) is 34.3 Å². The number of carbonyl (C=O) groups excluding carboxylic acids is 1. The van der Waals surface area contributed by atoms with E-state index in [1.165, 1.54) is 11.3 Å². The number of methoxy groups -OCH3 is 1. The second-order valence-corrected chi connectivity index (χ2v) is 12.7. The van der Waals surface area contributed by atoms with E-state index in [1.807, 2.05) is 75.4 Å². The SMILES string of the molecule is CCN(CC)C(=O)C1=C(C)N=c2s/c(=C/c3ccc(OCc4ccc(Cl)cc4Cl)c(Br)c3)c(=O)n2[C@@H]1c1ccccc1OC. The first kappa shape index (κ1) is 32.0. The van der Waals surface area contributed by atoms with Gasteiger partial charge in [-0.1, -0.05) is 64.9 Å². The highest BCUT2D eigenvalue weighted by atomic mass is 79.9. The van der Waals surface area contributed by atoms with Crippen LogP contribution in [0.1, 0.15) is 43.5 Å². The molecule has 1 atom stereocenters. The first-order chi connectivity index (χ1) is 21.2. The Morgan fingerprint density at radius 2 is 1.84 bits per heavy atom. The molecule has 1 amide bonds. The zero-order valence-electron chi connectivity index (χ0n) is 24.6. The minimum absolute atomic E-state index is 0.152. The molecule has 228 valence electrons. The average Bonchev–Trinajstić information content (AvgIpc) is 3.31. The molecular formula is C33H30BrCl2N3O4S. The number of nitrogens with zero attached hydrogens (tertiary/aromatic N) is 3. The summed E-state index contributed by atoms with van der Waals surface area (Å²) in [5, 5.41) is 1.09. The van der Waals surface area contributed by atoms with E-state index in [2.05, 4.69) is 15.9 Å². The van der Waals surface area contributed by atoms with Crippen LogP contribution in [0, 0.1) is 0 Å². The first-order valence-corrected chi connectivity index (χ1v) is 16.3. The Hall–Kier alpha value is -3.37. The summed E-state index contributed by atoms with van der Waals surface area (Å²) in [6.07, 6.45) is 1.82. The van der Waals surface area contributed by atoms with Crippen LogP contribution in [0.4, 0.5) is 0 Å². The van der Waals surface area contributed by atoms with E-state index >= 15 is 0 Å². The van der Waals surface area contributed by atoms with E-state index in [0.717, 1.165) is 21.2 Å². The van der Waals surface area contributed by atoms with Gasteiger partial charge in [0.15, 0.2) is 4.80 Å². The predicted octanol–water partition coefficient (Wildman–Crippen LogP) is 6.76. The van der Waals surface area contributed by atoms with Crippen molar-refractivity contribution in [2.45, 2.75) is 33.4 Å². The molecule has 5 rings (SSSR count). The number of ether oxygens (including phenoxy) is 2. The molecule has 0 saturated heterocycles. The quantitative estimate of drug-likeness (QED) is 0.192. The van der Waals surface area contributed by atoms with Gasteiger partial charge in [-0.3, -0.25) is 14.2 Å². The number of fused-ring (bicyclic) bond motifs is 1. The number of rotatable bonds is 9. The summed E-state index contributed by atoms with van der Waals surface area (Å²) in [6, 6.07) is 17.6. The molecule has 0 bridgehead atoms. The number of para-hydroxylation sites is 1. The van der Waals surface area contributed by atoms with Crippen LogP contribution in [-0.2, 0) is 11.4 Å². The van der Waals surface area contributed by atoms with E-state index in [9.17, 15) is 9.59 Å². The second kappa shape index (κ2) is 13.7. The number of amides is 1. The molecule has 0 unspecified atom stereocenters. The molecular weight excluding hydrogens is 685 g/mol. The van der Waals surface area contributed by atoms with Gasteiger partial charge in [-0.05, 0) is 78.7 Å². The van der Waals surface area contributed by atoms with E-state index in [1.54, 1.807) is 28.7 Å². The van der Waals surface area contributed by atoms with Crippen LogP contribution in [0.25, 0.3) is 6.08 Å². The normalized spacial score (nSPS) is 14.7. The number of halogens is 3. The molecule has 0 N–H and O–H groups in total. The summed E-state index contributed by atoms with van der Waals surface area (Å²) in [4.78, 5) is 34.9. The Morgan fingerprint density at radius 3 is 2.52 bits per heavy atom. The zero-order chi connectivity index (χ0) is 31.5. The fourth-order valence-corrected chi connectivity index (χ4v) is 7.15. The molecule has 0 fully saturated rings. The van der Waals surface area contributed by atoms with E-state index in [-0.39, 0.29) is 18.1 Å². The molecule has 44 heavy (non-hydrogen) atoms. The van der Waals surface area contributed by atoms with Crippen molar-refractivity contribution in [2.75, 3.05) is 20.2 Å². The van der Waals surface area contributed by atoms with Gasteiger partial charge in [-0.25, -0.2) is 4.99 Å². The van der Waals surface area contributed by atoms with Gasteiger partial charge in [0.1, 0.15) is 24.1 Å². The average molecular weight is 715 g/mol. The maximum atomic E-state index is 14.1. The highest BCUT2D eigenvalue weighted by Crippen LogP contribution is 2.36. The lowest BCUT2D eigenvalue weighted by Crippen LogP contribution is -2.43. The minimum atomic E-state index is -0.695. The van der Waals surface area contributed by atoms with Gasteiger partial charge >= 0.3 is 0 Å². The Bertz CT molecular complexity index is 1950. The number of carbonyl (C=O) groups is 1. The van der Waals surface area contributed by atoms with Gasteiger partial charge in [0.05, 0.1) is 27.4 Å².